The summed E-state index contributed by atoms with van der Waals surface area (Å²) in [7, 11) is 0. The number of benzene rings is 2. The molecule has 0 aliphatic rings. The van der Waals surface area contributed by atoms with Gasteiger partial charge in [-0.2, -0.15) is 4.98 Å². The number of rotatable bonds is 11. The Morgan fingerprint density at radius 3 is 2.55 bits per heavy atom. The van der Waals surface area contributed by atoms with Gasteiger partial charge in [0.25, 0.3) is 5.91 Å². The lowest BCUT2D eigenvalue weighted by molar-refractivity contribution is -0.119. The first-order valence-corrected chi connectivity index (χ1v) is 11.4. The molecular weight excluding hydrogens is 446 g/mol. The van der Waals surface area contributed by atoms with Crippen LogP contribution >= 0.6 is 11.8 Å². The molecule has 0 aliphatic carbocycles. The van der Waals surface area contributed by atoms with Crippen molar-refractivity contribution in [3.63, 3.8) is 0 Å². The van der Waals surface area contributed by atoms with Gasteiger partial charge in [-0.15, -0.1) is 11.8 Å². The molecule has 1 N–H and O–H groups in total. The number of ether oxygens (including phenoxy) is 3. The van der Waals surface area contributed by atoms with Gasteiger partial charge in [0, 0.05) is 16.6 Å². The van der Waals surface area contributed by atoms with E-state index >= 15 is 0 Å². The smallest absolute Gasteiger partial charge is 0.339 e. The molecule has 0 radical (unpaired) electrons. The molecule has 33 heavy (non-hydrogen) atoms. The Balaban J connectivity index is 1.57. The van der Waals surface area contributed by atoms with Crippen LogP contribution in [0.3, 0.4) is 0 Å². The number of carbonyl (C=O) groups excluding carboxylic acids is 2. The highest BCUT2D eigenvalue weighted by molar-refractivity contribution is 7.98. The Labute approximate surface area is 195 Å². The second-order valence-electron chi connectivity index (χ2n) is 6.67. The van der Waals surface area contributed by atoms with Gasteiger partial charge in [0.2, 0.25) is 5.89 Å². The van der Waals surface area contributed by atoms with Crippen molar-refractivity contribution in [2.75, 3.05) is 25.1 Å². The van der Waals surface area contributed by atoms with Crippen molar-refractivity contribution >= 4 is 29.3 Å². The Morgan fingerprint density at radius 2 is 1.82 bits per heavy atom. The summed E-state index contributed by atoms with van der Waals surface area (Å²) in [5, 5.41) is 6.44. The highest BCUT2D eigenvalue weighted by Crippen LogP contribution is 2.30. The number of thioether (sulfide) groups is 1. The standard InChI is InChI=1S/C23H25N3O6S/c1-4-29-18-11-10-16(12-19(18)30-5-2)25-21(27)13-31-23(28)17-8-6-7-9-20(17)33-14-22-24-15(3)26-32-22/h6-12H,4-5,13-14H2,1-3H3,(H,25,27). The van der Waals surface area contributed by atoms with E-state index in [0.717, 1.165) is 0 Å². The second-order valence-corrected chi connectivity index (χ2v) is 7.69. The van der Waals surface area contributed by atoms with Crippen LogP contribution in [0, 0.1) is 6.92 Å². The Bertz CT molecular complexity index is 1100. The van der Waals surface area contributed by atoms with E-state index in [1.807, 2.05) is 19.9 Å². The minimum Gasteiger partial charge on any atom is -0.490 e. The van der Waals surface area contributed by atoms with Crippen molar-refractivity contribution < 1.29 is 28.3 Å². The molecule has 0 saturated carbocycles. The van der Waals surface area contributed by atoms with Crippen LogP contribution in [-0.2, 0) is 15.3 Å². The molecule has 3 rings (SSSR count). The van der Waals surface area contributed by atoms with Gasteiger partial charge >= 0.3 is 5.97 Å². The monoisotopic (exact) mass is 471 g/mol. The number of amides is 1. The van der Waals surface area contributed by atoms with Crippen LogP contribution in [-0.4, -0.2) is 41.8 Å². The fourth-order valence-electron chi connectivity index (χ4n) is 2.83. The number of aromatic nitrogens is 2. The summed E-state index contributed by atoms with van der Waals surface area (Å²) in [5.41, 5.74) is 0.861. The SMILES string of the molecule is CCOc1ccc(NC(=O)COC(=O)c2ccccc2SCc2nc(C)no2)cc1OCC. The van der Waals surface area contributed by atoms with Crippen LogP contribution in [0.15, 0.2) is 51.9 Å². The van der Waals surface area contributed by atoms with E-state index in [4.69, 9.17) is 18.7 Å². The summed E-state index contributed by atoms with van der Waals surface area (Å²) in [5.74, 6) is 1.46. The molecule has 0 saturated heterocycles. The van der Waals surface area contributed by atoms with Gasteiger partial charge in [-0.3, -0.25) is 4.79 Å². The molecule has 0 aliphatic heterocycles. The number of esters is 1. The zero-order chi connectivity index (χ0) is 23.6. The molecule has 3 aromatic rings. The molecule has 0 spiro atoms. The van der Waals surface area contributed by atoms with Gasteiger partial charge in [0.1, 0.15) is 0 Å². The molecule has 1 amide bonds. The lowest BCUT2D eigenvalue weighted by Crippen LogP contribution is -2.21. The number of nitrogens with zero attached hydrogens (tertiary/aromatic N) is 2. The maximum absolute atomic E-state index is 12.6. The van der Waals surface area contributed by atoms with E-state index in [1.54, 1.807) is 43.3 Å². The van der Waals surface area contributed by atoms with E-state index < -0.39 is 18.5 Å². The summed E-state index contributed by atoms with van der Waals surface area (Å²) >= 11 is 1.37. The Morgan fingerprint density at radius 1 is 1.06 bits per heavy atom. The summed E-state index contributed by atoms with van der Waals surface area (Å²) < 4.78 is 21.4. The third-order valence-electron chi connectivity index (χ3n) is 4.19. The number of nitrogens with one attached hydrogen (secondary N) is 1. The molecule has 174 valence electrons. The molecule has 1 aromatic heterocycles. The molecule has 0 atom stereocenters. The predicted octanol–water partition coefficient (Wildman–Crippen LogP) is 4.26. The first-order valence-electron chi connectivity index (χ1n) is 10.4. The molecule has 0 bridgehead atoms. The van der Waals surface area contributed by atoms with Gasteiger partial charge in [-0.05, 0) is 45.0 Å². The third-order valence-corrected chi connectivity index (χ3v) is 5.25. The van der Waals surface area contributed by atoms with Crippen molar-refractivity contribution in [2.24, 2.45) is 0 Å². The molecule has 1 heterocycles. The molecular formula is C23H25N3O6S. The first kappa shape index (κ1) is 24.1. The summed E-state index contributed by atoms with van der Waals surface area (Å²) in [6.45, 7) is 5.99. The van der Waals surface area contributed by atoms with E-state index in [0.29, 0.717) is 58.3 Å². The van der Waals surface area contributed by atoms with E-state index in [2.05, 4.69) is 15.5 Å². The van der Waals surface area contributed by atoms with Crippen molar-refractivity contribution in [2.45, 2.75) is 31.4 Å². The average Bonchev–Trinajstić information content (AvgIpc) is 3.23. The molecule has 0 unspecified atom stereocenters. The van der Waals surface area contributed by atoms with Crippen molar-refractivity contribution in [1.82, 2.24) is 10.1 Å². The van der Waals surface area contributed by atoms with Crippen LogP contribution in [0.4, 0.5) is 5.69 Å². The number of carbonyl (C=O) groups is 2. The van der Waals surface area contributed by atoms with Crippen molar-refractivity contribution in [3.05, 3.63) is 59.7 Å². The number of hydrogen-bond donors (Lipinski definition) is 1. The number of aryl methyl sites for hydroxylation is 1. The maximum atomic E-state index is 12.6. The Hall–Kier alpha value is -3.53. The quantitative estimate of drug-likeness (QED) is 0.324. The van der Waals surface area contributed by atoms with E-state index in [9.17, 15) is 9.59 Å². The van der Waals surface area contributed by atoms with Crippen LogP contribution in [0.1, 0.15) is 35.9 Å². The van der Waals surface area contributed by atoms with E-state index in [-0.39, 0.29) is 0 Å². The minimum atomic E-state index is -0.600. The van der Waals surface area contributed by atoms with Gasteiger partial charge in [0.05, 0.1) is 24.5 Å². The predicted molar refractivity (Wildman–Crippen MR) is 123 cm³/mol. The van der Waals surface area contributed by atoms with Gasteiger partial charge in [-0.25, -0.2) is 4.79 Å². The summed E-state index contributed by atoms with van der Waals surface area (Å²) in [6.07, 6.45) is 0. The molecule has 10 heteroatoms. The fourth-order valence-corrected chi connectivity index (χ4v) is 3.71. The van der Waals surface area contributed by atoms with Crippen molar-refractivity contribution in [3.8, 4) is 11.5 Å². The lowest BCUT2D eigenvalue weighted by atomic mass is 10.2. The van der Waals surface area contributed by atoms with Crippen molar-refractivity contribution in [1.29, 1.82) is 0 Å². The average molecular weight is 472 g/mol. The largest absolute Gasteiger partial charge is 0.490 e. The van der Waals surface area contributed by atoms with Crippen LogP contribution in [0.2, 0.25) is 0 Å². The number of anilines is 1. The summed E-state index contributed by atoms with van der Waals surface area (Å²) in [4.78, 5) is 29.8. The molecule has 0 fully saturated rings. The third kappa shape index (κ3) is 6.98. The Kier molecular flexibility index (Phi) is 8.71. The van der Waals surface area contributed by atoms with Gasteiger partial charge < -0.3 is 24.1 Å². The van der Waals surface area contributed by atoms with Crippen LogP contribution in [0.25, 0.3) is 0 Å². The first-order chi connectivity index (χ1) is 16.0. The molecule has 2 aromatic carbocycles. The highest BCUT2D eigenvalue weighted by atomic mass is 32.2. The second kappa shape index (κ2) is 11.9. The topological polar surface area (TPSA) is 113 Å². The van der Waals surface area contributed by atoms with Gasteiger partial charge in [-0.1, -0.05) is 17.3 Å². The lowest BCUT2D eigenvalue weighted by Gasteiger charge is -2.13. The normalized spacial score (nSPS) is 10.5. The van der Waals surface area contributed by atoms with E-state index in [1.165, 1.54) is 11.8 Å². The van der Waals surface area contributed by atoms with Crippen LogP contribution < -0.4 is 14.8 Å². The maximum Gasteiger partial charge on any atom is 0.339 e. The summed E-state index contributed by atoms with van der Waals surface area (Å²) in [6, 6.07) is 12.0. The van der Waals surface area contributed by atoms with Gasteiger partial charge in [0.15, 0.2) is 23.9 Å². The number of hydrogen-bond acceptors (Lipinski definition) is 9. The fraction of sp³-hybridized carbons (Fsp3) is 0.304. The van der Waals surface area contributed by atoms with Crippen LogP contribution in [0.5, 0.6) is 11.5 Å². The molecule has 9 nitrogen and oxygen atoms in total. The highest BCUT2D eigenvalue weighted by Gasteiger charge is 2.16. The zero-order valence-corrected chi connectivity index (χ0v) is 19.4. The zero-order valence-electron chi connectivity index (χ0n) is 18.6. The minimum absolute atomic E-state index is 0.353.